The summed E-state index contributed by atoms with van der Waals surface area (Å²) in [6.07, 6.45) is -1.16. The average Bonchev–Trinajstić information content (AvgIpc) is 2.60. The van der Waals surface area contributed by atoms with Gasteiger partial charge in [-0.2, -0.15) is 5.10 Å². The van der Waals surface area contributed by atoms with Crippen LogP contribution in [0, 0.1) is 0 Å². The van der Waals surface area contributed by atoms with E-state index in [0.29, 0.717) is 11.4 Å². The van der Waals surface area contributed by atoms with Crippen molar-refractivity contribution in [3.8, 4) is 16.9 Å². The maximum absolute atomic E-state index is 12.6. The number of nitrogens with zero attached hydrogens (tertiary/aromatic N) is 2. The van der Waals surface area contributed by atoms with Crippen LogP contribution in [0.25, 0.3) is 11.1 Å². The molecule has 0 bridgehead atoms. The Morgan fingerprint density at radius 2 is 2.06 bits per heavy atom. The lowest BCUT2D eigenvalue weighted by atomic mass is 10.0. The molecule has 17 heavy (non-hydrogen) atoms. The van der Waals surface area contributed by atoms with Gasteiger partial charge in [0.1, 0.15) is 11.6 Å². The first-order valence-corrected chi connectivity index (χ1v) is 4.89. The Balaban J connectivity index is 2.58. The molecule has 0 spiro atoms. The van der Waals surface area contributed by atoms with Gasteiger partial charge >= 0.3 is 0 Å². The molecule has 0 atom stereocenters. The van der Waals surface area contributed by atoms with Crippen molar-refractivity contribution in [2.24, 2.45) is 7.05 Å². The van der Waals surface area contributed by atoms with Crippen LogP contribution in [0.1, 0.15) is 12.0 Å². The molecule has 1 heterocycles. The van der Waals surface area contributed by atoms with E-state index in [2.05, 4.69) is 5.10 Å². The van der Waals surface area contributed by atoms with E-state index in [-0.39, 0.29) is 16.9 Å². The van der Waals surface area contributed by atoms with Crippen molar-refractivity contribution >= 4 is 5.82 Å². The number of phenolic OH excluding ortho intramolecular Hbond substituents is 1. The number of nitrogen functional groups attached to an aromatic ring is 1. The van der Waals surface area contributed by atoms with Gasteiger partial charge in [-0.15, -0.1) is 0 Å². The summed E-state index contributed by atoms with van der Waals surface area (Å²) in [6, 6.07) is 3.62. The Hall–Kier alpha value is -2.11. The Kier molecular flexibility index (Phi) is 2.71. The maximum atomic E-state index is 12.6. The quantitative estimate of drug-likeness (QED) is 0.845. The highest BCUT2D eigenvalue weighted by Crippen LogP contribution is 2.35. The molecule has 0 saturated carbocycles. The topological polar surface area (TPSA) is 64.1 Å². The number of aromatic nitrogens is 2. The second-order valence-corrected chi connectivity index (χ2v) is 3.64. The fourth-order valence-corrected chi connectivity index (χ4v) is 1.56. The zero-order chi connectivity index (χ0) is 12.6. The van der Waals surface area contributed by atoms with Crippen molar-refractivity contribution in [3.63, 3.8) is 0 Å². The molecule has 0 amide bonds. The van der Waals surface area contributed by atoms with Gasteiger partial charge < -0.3 is 10.8 Å². The summed E-state index contributed by atoms with van der Waals surface area (Å²) in [6.45, 7) is 0. The van der Waals surface area contributed by atoms with Gasteiger partial charge in [0.2, 0.25) is 0 Å². The van der Waals surface area contributed by atoms with Gasteiger partial charge in [0.25, 0.3) is 6.43 Å². The minimum absolute atomic E-state index is 0.103. The van der Waals surface area contributed by atoms with Crippen molar-refractivity contribution in [1.82, 2.24) is 9.78 Å². The van der Waals surface area contributed by atoms with Gasteiger partial charge in [0.15, 0.2) is 0 Å². The zero-order valence-electron chi connectivity index (χ0n) is 9.06. The third-order valence-corrected chi connectivity index (χ3v) is 2.55. The molecular weight excluding hydrogens is 228 g/mol. The smallest absolute Gasteiger partial charge is 0.263 e. The van der Waals surface area contributed by atoms with Crippen LogP contribution in [0.3, 0.4) is 0 Å². The molecule has 2 rings (SSSR count). The van der Waals surface area contributed by atoms with Gasteiger partial charge in [-0.05, 0) is 18.2 Å². The number of alkyl halides is 2. The Morgan fingerprint density at radius 1 is 1.35 bits per heavy atom. The Morgan fingerprint density at radius 3 is 2.59 bits per heavy atom. The van der Waals surface area contributed by atoms with Crippen LogP contribution >= 0.6 is 0 Å². The van der Waals surface area contributed by atoms with E-state index < -0.39 is 6.43 Å². The molecule has 1 aromatic carbocycles. The first kappa shape index (κ1) is 11.4. The molecule has 1 aromatic heterocycles. The van der Waals surface area contributed by atoms with Crippen LogP contribution in [0.2, 0.25) is 0 Å². The molecule has 0 aliphatic rings. The molecule has 90 valence electrons. The first-order valence-electron chi connectivity index (χ1n) is 4.89. The second kappa shape index (κ2) is 4.04. The number of hydrogen-bond acceptors (Lipinski definition) is 3. The van der Waals surface area contributed by atoms with E-state index in [1.807, 2.05) is 0 Å². The monoisotopic (exact) mass is 239 g/mol. The number of aryl methyl sites for hydroxylation is 1. The molecule has 0 saturated heterocycles. The largest absolute Gasteiger partial charge is 0.507 e. The summed E-state index contributed by atoms with van der Waals surface area (Å²) in [5, 5.41) is 13.6. The molecule has 0 aliphatic heterocycles. The number of aromatic hydroxyl groups is 1. The summed E-state index contributed by atoms with van der Waals surface area (Å²) in [7, 11) is 1.63. The predicted molar refractivity (Wildman–Crippen MR) is 59.7 cm³/mol. The van der Waals surface area contributed by atoms with Crippen LogP contribution in [0.15, 0.2) is 24.4 Å². The average molecular weight is 239 g/mol. The lowest BCUT2D eigenvalue weighted by Crippen LogP contribution is -1.98. The normalized spacial score (nSPS) is 11.1. The van der Waals surface area contributed by atoms with E-state index in [1.54, 1.807) is 7.05 Å². The minimum atomic E-state index is -2.59. The Labute approximate surface area is 96.3 Å². The van der Waals surface area contributed by atoms with Crippen molar-refractivity contribution < 1.29 is 13.9 Å². The minimum Gasteiger partial charge on any atom is -0.507 e. The standard InChI is InChI=1S/C11H11F2N3O/c1-16-11(14)8(5-15-16)7-4-6(10(12)13)2-3-9(7)17/h2-5,10,17H,14H2,1H3. The lowest BCUT2D eigenvalue weighted by molar-refractivity contribution is 0.151. The van der Waals surface area contributed by atoms with Gasteiger partial charge in [-0.1, -0.05) is 0 Å². The third-order valence-electron chi connectivity index (χ3n) is 2.55. The molecular formula is C11H11F2N3O. The van der Waals surface area contributed by atoms with Crippen molar-refractivity contribution in [2.45, 2.75) is 6.43 Å². The summed E-state index contributed by atoms with van der Waals surface area (Å²) in [5.74, 6) is 0.209. The number of anilines is 1. The van der Waals surface area contributed by atoms with E-state index in [0.717, 1.165) is 0 Å². The van der Waals surface area contributed by atoms with E-state index in [9.17, 15) is 13.9 Å². The fraction of sp³-hybridized carbons (Fsp3) is 0.182. The molecule has 0 radical (unpaired) electrons. The number of nitrogens with two attached hydrogens (primary N) is 1. The third kappa shape index (κ3) is 1.93. The van der Waals surface area contributed by atoms with Crippen molar-refractivity contribution in [2.75, 3.05) is 5.73 Å². The molecule has 3 N–H and O–H groups in total. The lowest BCUT2D eigenvalue weighted by Gasteiger charge is -2.07. The highest BCUT2D eigenvalue weighted by molar-refractivity contribution is 5.78. The number of benzene rings is 1. The van der Waals surface area contributed by atoms with Gasteiger partial charge in [-0.25, -0.2) is 8.78 Å². The van der Waals surface area contributed by atoms with Crippen LogP contribution in [-0.4, -0.2) is 14.9 Å². The van der Waals surface area contributed by atoms with Gasteiger partial charge in [0.05, 0.1) is 6.20 Å². The molecule has 0 aliphatic carbocycles. The highest BCUT2D eigenvalue weighted by atomic mass is 19.3. The maximum Gasteiger partial charge on any atom is 0.263 e. The van der Waals surface area contributed by atoms with E-state index in [1.165, 1.54) is 29.1 Å². The summed E-state index contributed by atoms with van der Waals surface area (Å²) in [5.41, 5.74) is 6.26. The van der Waals surface area contributed by atoms with Crippen molar-refractivity contribution in [3.05, 3.63) is 30.0 Å². The number of rotatable bonds is 2. The van der Waals surface area contributed by atoms with Crippen LogP contribution in [-0.2, 0) is 7.05 Å². The zero-order valence-corrected chi connectivity index (χ0v) is 9.06. The van der Waals surface area contributed by atoms with Gasteiger partial charge in [0, 0.05) is 23.7 Å². The highest BCUT2D eigenvalue weighted by Gasteiger charge is 2.15. The summed E-state index contributed by atoms with van der Waals surface area (Å²) < 4.78 is 26.5. The molecule has 2 aromatic rings. The molecule has 0 fully saturated rings. The van der Waals surface area contributed by atoms with E-state index in [4.69, 9.17) is 5.73 Å². The van der Waals surface area contributed by atoms with Crippen LogP contribution in [0.5, 0.6) is 5.75 Å². The van der Waals surface area contributed by atoms with E-state index >= 15 is 0 Å². The van der Waals surface area contributed by atoms with Crippen molar-refractivity contribution in [1.29, 1.82) is 0 Å². The SMILES string of the molecule is Cn1ncc(-c2cc(C(F)F)ccc2O)c1N. The van der Waals surface area contributed by atoms with Crippen LogP contribution < -0.4 is 5.73 Å². The molecule has 0 unspecified atom stereocenters. The molecule has 6 heteroatoms. The number of halogens is 2. The van der Waals surface area contributed by atoms with Gasteiger partial charge in [-0.3, -0.25) is 4.68 Å². The summed E-state index contributed by atoms with van der Waals surface area (Å²) >= 11 is 0. The number of hydrogen-bond donors (Lipinski definition) is 2. The Bertz CT molecular complexity index is 552. The fourth-order valence-electron chi connectivity index (χ4n) is 1.56. The first-order chi connectivity index (χ1) is 8.00. The second-order valence-electron chi connectivity index (χ2n) is 3.64. The predicted octanol–water partition coefficient (Wildman–Crippen LogP) is 2.31. The molecule has 4 nitrogen and oxygen atoms in total. The van der Waals surface area contributed by atoms with Crippen LogP contribution in [0.4, 0.5) is 14.6 Å². The summed E-state index contributed by atoms with van der Waals surface area (Å²) in [4.78, 5) is 0. The number of phenols is 1.